The van der Waals surface area contributed by atoms with E-state index in [1.165, 1.54) is 16.9 Å². The van der Waals surface area contributed by atoms with E-state index in [2.05, 4.69) is 140 Å². The zero-order chi connectivity index (χ0) is 68.1. The number of fused-ring (bicyclic) bond motifs is 6. The van der Waals surface area contributed by atoms with Crippen LogP contribution in [0.25, 0.3) is 0 Å². The quantitative estimate of drug-likeness (QED) is 0.0255. The molecule has 5 fully saturated rings. The Morgan fingerprint density at radius 3 is 1.43 bits per heavy atom. The molecular weight excluding hydrogens is 1270 g/mol. The lowest BCUT2D eigenvalue weighted by atomic mass is 9.87. The lowest BCUT2D eigenvalue weighted by molar-refractivity contribution is -0.126. The zero-order valence-corrected chi connectivity index (χ0v) is 56.0. The zero-order valence-electron chi connectivity index (χ0n) is 54.5. The lowest BCUT2D eigenvalue weighted by Crippen LogP contribution is -2.44. The number of aromatic nitrogens is 6. The van der Waals surface area contributed by atoms with E-state index in [4.69, 9.17) is 45.1 Å². The molecule has 0 spiro atoms. The van der Waals surface area contributed by atoms with Gasteiger partial charge in [-0.25, -0.2) is 28.1 Å². The first-order valence-electron chi connectivity index (χ1n) is 32.4. The molecule has 27 heteroatoms. The van der Waals surface area contributed by atoms with Crippen LogP contribution in [0.5, 0.6) is 5.75 Å². The summed E-state index contributed by atoms with van der Waals surface area (Å²) in [5.41, 5.74) is 24.5. The molecule has 1 unspecified atom stereocenters. The van der Waals surface area contributed by atoms with E-state index >= 15 is 0 Å². The topological polar surface area (TPSA) is 289 Å². The van der Waals surface area contributed by atoms with Gasteiger partial charge in [-0.15, -0.1) is 0 Å². The summed E-state index contributed by atoms with van der Waals surface area (Å²) in [5.74, 6) is -1.63. The number of primary amides is 2. The highest BCUT2D eigenvalue weighted by molar-refractivity contribution is 6.28. The number of piperazine rings is 2. The second kappa shape index (κ2) is 30.1. The average molecular weight is 1360 g/mol. The van der Waals surface area contributed by atoms with Crippen molar-refractivity contribution in [3.8, 4) is 5.75 Å². The molecule has 3 amide bonds. The van der Waals surface area contributed by atoms with E-state index in [1.807, 2.05) is 67.6 Å². The Bertz CT molecular complexity index is 3880. The summed E-state index contributed by atoms with van der Waals surface area (Å²) in [6.07, 6.45) is 18.0. The van der Waals surface area contributed by atoms with Crippen LogP contribution in [0.3, 0.4) is 0 Å². The highest BCUT2D eigenvalue weighted by Gasteiger charge is 2.50. The predicted molar refractivity (Wildman–Crippen MR) is 368 cm³/mol. The van der Waals surface area contributed by atoms with Gasteiger partial charge in [-0.2, -0.15) is 15.0 Å². The minimum absolute atomic E-state index is 0.0113. The van der Waals surface area contributed by atoms with Crippen LogP contribution in [-0.2, 0) is 14.4 Å². The van der Waals surface area contributed by atoms with Gasteiger partial charge in [-0.3, -0.25) is 14.4 Å². The molecule has 5 heterocycles. The molecule has 22 nitrogen and oxygen atoms in total. The van der Waals surface area contributed by atoms with Crippen molar-refractivity contribution in [2.24, 2.45) is 64.7 Å². The molecule has 6 aliphatic carbocycles. The fraction of sp³-hybridized carbons (Fsp3) is 0.435. The van der Waals surface area contributed by atoms with Gasteiger partial charge in [-0.1, -0.05) is 48.6 Å². The van der Waals surface area contributed by atoms with Gasteiger partial charge in [0.25, 0.3) is 0 Å². The Kier molecular flexibility index (Phi) is 21.5. The second-order valence-corrected chi connectivity index (χ2v) is 26.7. The SMILES string of the molecule is COc1ccc([C@@H](C)NC(=O)C2[C@@H]3C=C[C@@H](C3)[C@@H]2Nc2nc(Cl)ncc2F)cc1.Cc1cc(N)ccc1N1CCN(C)CC1.Cc1cc(Nc2ncc(F)c(N[C@@H]3[C@H](C(N)=O)[C@@H]4C=C[C@H]3C4)n2)ccc1N1CCN(C)CC1.NC(=O)[C@H]1[C@@H](Nc2nc(Cl)ncc2F)[C@H]2C=C[C@@H]1C2. The normalized spacial score (nSPS) is 26.0. The molecule has 13 atom stereocenters. The molecule has 3 aromatic heterocycles. The van der Waals surface area contributed by atoms with Gasteiger partial charge in [0.1, 0.15) is 5.75 Å². The fourth-order valence-corrected chi connectivity index (χ4v) is 15.0. The van der Waals surface area contributed by atoms with Crippen molar-refractivity contribution in [3.05, 3.63) is 160 Å². The van der Waals surface area contributed by atoms with Gasteiger partial charge >= 0.3 is 0 Å². The monoisotopic (exact) mass is 1350 g/mol. The molecule has 96 heavy (non-hydrogen) atoms. The van der Waals surface area contributed by atoms with Crippen LogP contribution < -0.4 is 58.3 Å². The number of nitrogens with one attached hydrogen (secondary N) is 5. The first-order valence-corrected chi connectivity index (χ1v) is 33.2. The highest BCUT2D eigenvalue weighted by Crippen LogP contribution is 2.48. The first kappa shape index (κ1) is 68.6. The van der Waals surface area contributed by atoms with E-state index < -0.39 is 17.5 Å². The Hall–Kier alpha value is -8.78. The Labute approximate surface area is 567 Å². The van der Waals surface area contributed by atoms with Gasteiger partial charge in [0.05, 0.1) is 49.5 Å². The molecule has 2 saturated heterocycles. The number of rotatable bonds is 16. The number of methoxy groups -OCH3 is 1. The summed E-state index contributed by atoms with van der Waals surface area (Å²) in [7, 11) is 5.93. The van der Waals surface area contributed by atoms with Crippen molar-refractivity contribution in [1.29, 1.82) is 0 Å². The van der Waals surface area contributed by atoms with E-state index in [0.717, 1.165) is 118 Å². The molecule has 6 bridgehead atoms. The molecule has 508 valence electrons. The number of carbonyl (C=O) groups excluding carboxylic acids is 3. The number of aryl methyl sites for hydroxylation is 2. The number of benzene rings is 3. The summed E-state index contributed by atoms with van der Waals surface area (Å²) in [6, 6.07) is 19.0. The standard InChI is InChI=1S/C24H30FN7O.C21H22ClFN4O2.C12H12ClFN4O.C12H19N3/c1-14-11-17(5-6-19(14)32-9-7-31(2)8-10-32)28-24-27-13-18(25)23(30-24)29-21-16-4-3-15(12-16)20(21)22(26)33;1-11(12-5-7-15(29-2)8-6-12)25-20(28)17-13-3-4-14(9-13)18(17)26-19-16(23)10-24-21(22)27-19;13-12-16-4-7(14)11(18-12)17-9-6-2-1-5(3-6)8(9)10(15)19;1-10-9-11(13)3-4-12(10)15-7-5-14(2)6-8-15/h3-6,11,13,15-16,20-21H,7-10,12H2,1-2H3,(H2,26,33)(H2,27,28,29,30);3-8,10-11,13-14,17-18H,9H2,1-2H3,(H,25,28)(H,24,26,27);1-2,4-6,8-9H,3H2,(H2,15,19)(H,16,17,18);3-4,9H,5-8,13H2,1-2H3/t15-,16+,20-,21+;11-,13-,14+,17?,18+;5-,6+,8-,9+;/m111./s1. The van der Waals surface area contributed by atoms with Crippen LogP contribution in [-0.4, -0.2) is 149 Å². The molecule has 3 aromatic carbocycles. The minimum atomic E-state index is -0.598. The largest absolute Gasteiger partial charge is 0.497 e. The van der Waals surface area contributed by atoms with Crippen LogP contribution in [0, 0.1) is 84.6 Å². The maximum Gasteiger partial charge on any atom is 0.229 e. The van der Waals surface area contributed by atoms with Gasteiger partial charge in [0.15, 0.2) is 34.9 Å². The van der Waals surface area contributed by atoms with Crippen molar-refractivity contribution in [2.45, 2.75) is 64.2 Å². The predicted octanol–water partition coefficient (Wildman–Crippen LogP) is 8.95. The number of anilines is 8. The minimum Gasteiger partial charge on any atom is -0.497 e. The molecule has 11 N–H and O–H groups in total. The third kappa shape index (κ3) is 15.9. The van der Waals surface area contributed by atoms with E-state index in [-0.39, 0.29) is 123 Å². The maximum absolute atomic E-state index is 14.5. The molecular formula is C69H83Cl2F3N18O4. The third-order valence-corrected chi connectivity index (χ3v) is 20.1. The molecule has 2 aliphatic heterocycles. The van der Waals surface area contributed by atoms with Crippen molar-refractivity contribution in [3.63, 3.8) is 0 Å². The number of carbonyl (C=O) groups is 3. The highest BCUT2D eigenvalue weighted by atomic mass is 35.5. The lowest BCUT2D eigenvalue weighted by Gasteiger charge is -2.35. The number of amides is 3. The van der Waals surface area contributed by atoms with Crippen molar-refractivity contribution < 1.29 is 32.3 Å². The average Bonchev–Trinajstić information content (AvgIpc) is 1.63. The number of hydrogen-bond donors (Lipinski definition) is 8. The summed E-state index contributed by atoms with van der Waals surface area (Å²) >= 11 is 11.5. The van der Waals surface area contributed by atoms with E-state index in [0.29, 0.717) is 5.95 Å². The smallest absolute Gasteiger partial charge is 0.229 e. The van der Waals surface area contributed by atoms with Crippen molar-refractivity contribution in [2.75, 3.05) is 110 Å². The van der Waals surface area contributed by atoms with Crippen LogP contribution >= 0.6 is 23.2 Å². The van der Waals surface area contributed by atoms with Crippen LogP contribution in [0.1, 0.15) is 48.9 Å². The first-order chi connectivity index (χ1) is 46.1. The Morgan fingerprint density at radius 1 is 0.562 bits per heavy atom. The Balaban J connectivity index is 0.000000136. The second-order valence-electron chi connectivity index (χ2n) is 26.1. The van der Waals surface area contributed by atoms with E-state index in [1.54, 1.807) is 7.11 Å². The molecule has 8 aliphatic rings. The maximum atomic E-state index is 14.5. The summed E-state index contributed by atoms with van der Waals surface area (Å²) in [4.78, 5) is 69.6. The van der Waals surface area contributed by atoms with E-state index in [9.17, 15) is 27.6 Å². The molecule has 3 saturated carbocycles. The van der Waals surface area contributed by atoms with Gasteiger partial charge < -0.3 is 68.1 Å². The summed E-state index contributed by atoms with van der Waals surface area (Å²) in [5, 5.41) is 15.4. The van der Waals surface area contributed by atoms with Gasteiger partial charge in [-0.05, 0) is 178 Å². The number of allylic oxidation sites excluding steroid dienone is 3. The van der Waals surface area contributed by atoms with Gasteiger partial charge in [0, 0.05) is 93.2 Å². The summed E-state index contributed by atoms with van der Waals surface area (Å²) < 4.78 is 47.4. The number of halogens is 5. The molecule has 14 rings (SSSR count). The van der Waals surface area contributed by atoms with Crippen LogP contribution in [0.2, 0.25) is 10.6 Å². The number of hydrogen-bond acceptors (Lipinski definition) is 19. The van der Waals surface area contributed by atoms with Crippen molar-refractivity contribution >= 4 is 87.1 Å². The number of nitrogen functional groups attached to an aromatic ring is 1. The number of nitrogens with zero attached hydrogens (tertiary/aromatic N) is 10. The van der Waals surface area contributed by atoms with Crippen LogP contribution in [0.15, 0.2) is 116 Å². The Morgan fingerprint density at radius 2 is 0.979 bits per heavy atom. The van der Waals surface area contributed by atoms with Crippen LogP contribution in [0.4, 0.5) is 59.3 Å². The third-order valence-electron chi connectivity index (χ3n) is 19.8. The number of nitrogens with two attached hydrogens (primary N) is 3. The van der Waals surface area contributed by atoms with Gasteiger partial charge in [0.2, 0.25) is 34.2 Å². The number of ether oxygens (including phenoxy) is 1. The molecule has 0 radical (unpaired) electrons. The van der Waals surface area contributed by atoms with Crippen molar-refractivity contribution in [1.82, 2.24) is 45.0 Å². The summed E-state index contributed by atoms with van der Waals surface area (Å²) in [6.45, 7) is 14.8. The number of likely N-dealkylation sites (N-methyl/N-ethyl adjacent to an activating group) is 2. The molecule has 6 aromatic rings. The fourth-order valence-electron chi connectivity index (χ4n) is 14.7.